The van der Waals surface area contributed by atoms with Gasteiger partial charge in [0.25, 0.3) is 0 Å². The van der Waals surface area contributed by atoms with E-state index in [1.807, 2.05) is 13.8 Å². The van der Waals surface area contributed by atoms with Crippen LogP contribution >= 0.6 is 22.6 Å². The number of benzene rings is 1. The van der Waals surface area contributed by atoms with Crippen molar-refractivity contribution in [2.24, 2.45) is 5.92 Å². The Kier molecular flexibility index (Phi) is 5.21. The highest BCUT2D eigenvalue weighted by Crippen LogP contribution is 2.23. The summed E-state index contributed by atoms with van der Waals surface area (Å²) in [4.78, 5) is 0. The van der Waals surface area contributed by atoms with Crippen LogP contribution < -0.4 is 0 Å². The highest BCUT2D eigenvalue weighted by Gasteiger charge is 2.31. The van der Waals surface area contributed by atoms with Gasteiger partial charge in [-0.05, 0) is 46.2 Å². The molecule has 2 nitrogen and oxygen atoms in total. The molecule has 0 aromatic heterocycles. The molecule has 90 valence electrons. The van der Waals surface area contributed by atoms with E-state index in [2.05, 4.69) is 46.9 Å². The van der Waals surface area contributed by atoms with Crippen molar-refractivity contribution < 1.29 is 9.84 Å². The lowest BCUT2D eigenvalue weighted by Gasteiger charge is -2.31. The number of methoxy groups -OCH3 is 1. The van der Waals surface area contributed by atoms with Crippen LogP contribution in [0.5, 0.6) is 0 Å². The molecule has 1 unspecified atom stereocenters. The van der Waals surface area contributed by atoms with Crippen LogP contribution in [0.25, 0.3) is 0 Å². The Morgan fingerprint density at radius 3 is 2.31 bits per heavy atom. The Morgan fingerprint density at radius 1 is 1.31 bits per heavy atom. The molecule has 16 heavy (non-hydrogen) atoms. The first-order valence-corrected chi connectivity index (χ1v) is 6.51. The molecule has 0 heterocycles. The Morgan fingerprint density at radius 2 is 1.88 bits per heavy atom. The van der Waals surface area contributed by atoms with Gasteiger partial charge in [-0.15, -0.1) is 0 Å². The van der Waals surface area contributed by atoms with Crippen LogP contribution in [-0.2, 0) is 11.2 Å². The van der Waals surface area contributed by atoms with Crippen molar-refractivity contribution in [2.75, 3.05) is 13.7 Å². The molecule has 0 aliphatic carbocycles. The summed E-state index contributed by atoms with van der Waals surface area (Å²) < 4.78 is 6.32. The van der Waals surface area contributed by atoms with Crippen molar-refractivity contribution in [3.05, 3.63) is 33.4 Å². The molecule has 0 bridgehead atoms. The van der Waals surface area contributed by atoms with Gasteiger partial charge in [0.05, 0.1) is 12.2 Å². The second-order valence-electron chi connectivity index (χ2n) is 4.49. The van der Waals surface area contributed by atoms with E-state index >= 15 is 0 Å². The third-order valence-corrected chi connectivity index (χ3v) is 3.61. The zero-order valence-corrected chi connectivity index (χ0v) is 12.2. The van der Waals surface area contributed by atoms with Crippen LogP contribution in [0.4, 0.5) is 0 Å². The number of ether oxygens (including phenoxy) is 1. The van der Waals surface area contributed by atoms with Crippen LogP contribution in [0.2, 0.25) is 0 Å². The highest BCUT2D eigenvalue weighted by molar-refractivity contribution is 14.1. The van der Waals surface area contributed by atoms with Crippen molar-refractivity contribution in [1.29, 1.82) is 0 Å². The van der Waals surface area contributed by atoms with Crippen molar-refractivity contribution in [1.82, 2.24) is 0 Å². The van der Waals surface area contributed by atoms with Crippen LogP contribution in [0.15, 0.2) is 24.3 Å². The molecule has 1 aromatic carbocycles. The number of hydrogen-bond acceptors (Lipinski definition) is 2. The molecule has 0 amide bonds. The first-order valence-electron chi connectivity index (χ1n) is 5.43. The van der Waals surface area contributed by atoms with E-state index in [9.17, 15) is 5.11 Å². The topological polar surface area (TPSA) is 29.5 Å². The molecular weight excluding hydrogens is 315 g/mol. The summed E-state index contributed by atoms with van der Waals surface area (Å²) in [6, 6.07) is 8.24. The molecule has 0 radical (unpaired) electrons. The minimum atomic E-state index is -0.776. The average molecular weight is 334 g/mol. The van der Waals surface area contributed by atoms with Gasteiger partial charge in [0, 0.05) is 17.1 Å². The molecule has 1 rings (SSSR count). The Labute approximate surface area is 111 Å². The fourth-order valence-electron chi connectivity index (χ4n) is 1.63. The largest absolute Gasteiger partial charge is 0.387 e. The third kappa shape index (κ3) is 3.71. The molecule has 0 saturated carbocycles. The Hall–Kier alpha value is -0.130. The lowest BCUT2D eigenvalue weighted by Crippen LogP contribution is -2.42. The van der Waals surface area contributed by atoms with E-state index in [1.165, 1.54) is 3.57 Å². The summed E-state index contributed by atoms with van der Waals surface area (Å²) >= 11 is 2.28. The van der Waals surface area contributed by atoms with Crippen LogP contribution in [0, 0.1) is 9.49 Å². The maximum absolute atomic E-state index is 10.5. The molecule has 0 aliphatic heterocycles. The lowest BCUT2D eigenvalue weighted by atomic mass is 9.85. The zero-order chi connectivity index (χ0) is 12.2. The normalized spacial score (nSPS) is 15.1. The monoisotopic (exact) mass is 334 g/mol. The van der Waals surface area contributed by atoms with Gasteiger partial charge in [-0.25, -0.2) is 0 Å². The number of hydrogen-bond donors (Lipinski definition) is 1. The molecular formula is C13H19IO2. The fourth-order valence-corrected chi connectivity index (χ4v) is 1.99. The molecule has 0 fully saturated rings. The van der Waals surface area contributed by atoms with E-state index in [0.717, 1.165) is 5.56 Å². The van der Waals surface area contributed by atoms with Gasteiger partial charge in [-0.1, -0.05) is 26.0 Å². The SMILES string of the molecule is COCC(O)(Cc1ccc(I)cc1)C(C)C. The van der Waals surface area contributed by atoms with Crippen LogP contribution in [-0.4, -0.2) is 24.4 Å². The number of halogens is 1. The minimum Gasteiger partial charge on any atom is -0.387 e. The maximum Gasteiger partial charge on any atom is 0.0942 e. The summed E-state index contributed by atoms with van der Waals surface area (Å²) in [5.74, 6) is 0.173. The third-order valence-electron chi connectivity index (χ3n) is 2.89. The first-order chi connectivity index (χ1) is 7.48. The van der Waals surface area contributed by atoms with Gasteiger partial charge in [-0.2, -0.15) is 0 Å². The van der Waals surface area contributed by atoms with E-state index in [1.54, 1.807) is 7.11 Å². The molecule has 3 heteroatoms. The second kappa shape index (κ2) is 5.98. The zero-order valence-electron chi connectivity index (χ0n) is 10.0. The van der Waals surface area contributed by atoms with Crippen molar-refractivity contribution >= 4 is 22.6 Å². The van der Waals surface area contributed by atoms with Crippen molar-refractivity contribution in [3.8, 4) is 0 Å². The Balaban J connectivity index is 2.79. The predicted octanol–water partition coefficient (Wildman–Crippen LogP) is 2.87. The summed E-state index contributed by atoms with van der Waals surface area (Å²) in [6.45, 7) is 4.41. The summed E-state index contributed by atoms with van der Waals surface area (Å²) in [7, 11) is 1.63. The van der Waals surface area contributed by atoms with E-state index in [0.29, 0.717) is 13.0 Å². The van der Waals surface area contributed by atoms with E-state index < -0.39 is 5.60 Å². The van der Waals surface area contributed by atoms with Gasteiger partial charge < -0.3 is 9.84 Å². The molecule has 0 saturated heterocycles. The molecule has 0 spiro atoms. The summed E-state index contributed by atoms with van der Waals surface area (Å²) in [6.07, 6.45) is 0.634. The summed E-state index contributed by atoms with van der Waals surface area (Å²) in [5.41, 5.74) is 0.371. The van der Waals surface area contributed by atoms with Gasteiger partial charge >= 0.3 is 0 Å². The predicted molar refractivity (Wildman–Crippen MR) is 74.5 cm³/mol. The van der Waals surface area contributed by atoms with Gasteiger partial charge in [0.2, 0.25) is 0 Å². The average Bonchev–Trinajstić information content (AvgIpc) is 2.22. The fraction of sp³-hybridized carbons (Fsp3) is 0.538. The Bertz CT molecular complexity index is 321. The molecule has 1 aromatic rings. The van der Waals surface area contributed by atoms with Gasteiger partial charge in [0.15, 0.2) is 0 Å². The van der Waals surface area contributed by atoms with Crippen molar-refractivity contribution in [3.63, 3.8) is 0 Å². The second-order valence-corrected chi connectivity index (χ2v) is 5.74. The van der Waals surface area contributed by atoms with E-state index in [-0.39, 0.29) is 5.92 Å². The molecule has 0 aliphatic rings. The van der Waals surface area contributed by atoms with Gasteiger partial charge in [-0.3, -0.25) is 0 Å². The summed E-state index contributed by atoms with van der Waals surface area (Å²) in [5, 5.41) is 10.5. The standard InChI is InChI=1S/C13H19IO2/c1-10(2)13(15,9-16-3)8-11-4-6-12(14)7-5-11/h4-7,10,15H,8-9H2,1-3H3. The molecule has 1 N–H and O–H groups in total. The van der Waals surface area contributed by atoms with Crippen molar-refractivity contribution in [2.45, 2.75) is 25.9 Å². The quantitative estimate of drug-likeness (QED) is 0.839. The number of aliphatic hydroxyl groups is 1. The van der Waals surface area contributed by atoms with Crippen LogP contribution in [0.1, 0.15) is 19.4 Å². The highest BCUT2D eigenvalue weighted by atomic mass is 127. The lowest BCUT2D eigenvalue weighted by molar-refractivity contribution is -0.0637. The molecule has 1 atom stereocenters. The van der Waals surface area contributed by atoms with Crippen LogP contribution in [0.3, 0.4) is 0 Å². The maximum atomic E-state index is 10.5. The smallest absolute Gasteiger partial charge is 0.0942 e. The first kappa shape index (κ1) is 13.9. The number of rotatable bonds is 5. The minimum absolute atomic E-state index is 0.173. The van der Waals surface area contributed by atoms with Gasteiger partial charge in [0.1, 0.15) is 0 Å². The van der Waals surface area contributed by atoms with E-state index in [4.69, 9.17) is 4.74 Å².